The highest BCUT2D eigenvalue weighted by molar-refractivity contribution is 6.43. The maximum Gasteiger partial charge on any atom is 0.149 e. The molecule has 2 aromatic carbocycles. The van der Waals surface area contributed by atoms with E-state index in [9.17, 15) is 0 Å². The van der Waals surface area contributed by atoms with E-state index in [0.717, 1.165) is 45.3 Å². The van der Waals surface area contributed by atoms with Gasteiger partial charge in [0.25, 0.3) is 0 Å². The van der Waals surface area contributed by atoms with E-state index in [0.29, 0.717) is 10.0 Å². The monoisotopic (exact) mass is 422 g/mol. The average Bonchev–Trinajstić information content (AvgIpc) is 3.23. The van der Waals surface area contributed by atoms with Crippen LogP contribution in [0.2, 0.25) is 10.0 Å². The number of anilines is 1. The van der Waals surface area contributed by atoms with Gasteiger partial charge in [-0.15, -0.1) is 0 Å². The van der Waals surface area contributed by atoms with Gasteiger partial charge < -0.3 is 9.88 Å². The summed E-state index contributed by atoms with van der Waals surface area (Å²) >= 11 is 12.8. The lowest BCUT2D eigenvalue weighted by Crippen LogP contribution is -2.26. The van der Waals surface area contributed by atoms with E-state index < -0.39 is 0 Å². The third-order valence-electron chi connectivity index (χ3n) is 5.53. The molecule has 4 nitrogen and oxygen atoms in total. The first kappa shape index (κ1) is 18.3. The van der Waals surface area contributed by atoms with Crippen LogP contribution in [-0.2, 0) is 0 Å². The van der Waals surface area contributed by atoms with Crippen molar-refractivity contribution in [1.82, 2.24) is 14.3 Å². The average molecular weight is 423 g/mol. The molecule has 29 heavy (non-hydrogen) atoms. The predicted molar refractivity (Wildman–Crippen MR) is 119 cm³/mol. The number of benzene rings is 2. The molecule has 146 valence electrons. The first-order chi connectivity index (χ1) is 14.0. The van der Waals surface area contributed by atoms with Gasteiger partial charge in [0.05, 0.1) is 27.1 Å². The molecule has 3 heterocycles. The van der Waals surface area contributed by atoms with Gasteiger partial charge in [-0.25, -0.2) is 4.68 Å². The largest absolute Gasteiger partial charge is 0.359 e. The molecule has 0 amide bonds. The van der Waals surface area contributed by atoms with Crippen molar-refractivity contribution in [2.45, 2.75) is 26.9 Å². The quantitative estimate of drug-likeness (QED) is 0.397. The molecule has 0 fully saturated rings. The molecule has 1 aliphatic heterocycles. The third-order valence-corrected chi connectivity index (χ3v) is 6.34. The maximum atomic E-state index is 6.53. The third kappa shape index (κ3) is 2.78. The Morgan fingerprint density at radius 1 is 0.966 bits per heavy atom. The standard InChI is InChI=1S/C23H20Cl2N4/c1-13-11-21-16-7-4-5-9-19(16)26-23(29(21)27-13)17-12-14(2)28(15(17)3)20-10-6-8-18(24)22(20)25/h4-12,23,26H,1-3H3. The summed E-state index contributed by atoms with van der Waals surface area (Å²) in [6, 6.07) is 18.4. The van der Waals surface area contributed by atoms with Gasteiger partial charge >= 0.3 is 0 Å². The van der Waals surface area contributed by atoms with Crippen LogP contribution in [0.1, 0.15) is 28.8 Å². The van der Waals surface area contributed by atoms with E-state index >= 15 is 0 Å². The molecule has 0 spiro atoms. The van der Waals surface area contributed by atoms with Crippen LogP contribution in [0.25, 0.3) is 16.9 Å². The number of nitrogens with zero attached hydrogens (tertiary/aromatic N) is 3. The molecule has 1 aliphatic rings. The molecule has 1 unspecified atom stereocenters. The SMILES string of the molecule is Cc1cc2n(n1)C(c1cc(C)n(-c3cccc(Cl)c3Cl)c1C)Nc1ccccc1-2. The number of hydrogen-bond acceptors (Lipinski definition) is 2. The highest BCUT2D eigenvalue weighted by atomic mass is 35.5. The minimum Gasteiger partial charge on any atom is -0.359 e. The lowest BCUT2D eigenvalue weighted by Gasteiger charge is -2.29. The summed E-state index contributed by atoms with van der Waals surface area (Å²) in [5.74, 6) is 0. The zero-order valence-electron chi connectivity index (χ0n) is 16.4. The molecule has 1 atom stereocenters. The number of fused-ring (bicyclic) bond motifs is 3. The highest BCUT2D eigenvalue weighted by Gasteiger charge is 2.29. The van der Waals surface area contributed by atoms with Crippen molar-refractivity contribution in [3.63, 3.8) is 0 Å². The predicted octanol–water partition coefficient (Wildman–Crippen LogP) is 6.55. The van der Waals surface area contributed by atoms with Crippen molar-refractivity contribution in [2.75, 3.05) is 5.32 Å². The van der Waals surface area contributed by atoms with Gasteiger partial charge in [0.2, 0.25) is 0 Å². The number of aryl methyl sites for hydroxylation is 2. The lowest BCUT2D eigenvalue weighted by atomic mass is 10.0. The molecule has 6 heteroatoms. The molecular formula is C23H20Cl2N4. The minimum atomic E-state index is -0.105. The Balaban J connectivity index is 1.69. The summed E-state index contributed by atoms with van der Waals surface area (Å²) in [4.78, 5) is 0. The van der Waals surface area contributed by atoms with Crippen molar-refractivity contribution in [3.8, 4) is 16.9 Å². The van der Waals surface area contributed by atoms with Gasteiger partial charge in [-0.2, -0.15) is 5.10 Å². The Bertz CT molecular complexity index is 1250. The summed E-state index contributed by atoms with van der Waals surface area (Å²) in [5.41, 5.74) is 8.61. The first-order valence-corrected chi connectivity index (χ1v) is 10.3. The van der Waals surface area contributed by atoms with Gasteiger partial charge in [0.15, 0.2) is 0 Å². The molecule has 4 aromatic rings. The van der Waals surface area contributed by atoms with E-state index in [4.69, 9.17) is 28.3 Å². The van der Waals surface area contributed by atoms with E-state index in [1.165, 1.54) is 0 Å². The van der Waals surface area contributed by atoms with Gasteiger partial charge in [-0.3, -0.25) is 0 Å². The molecule has 0 saturated heterocycles. The Kier molecular flexibility index (Phi) is 4.23. The van der Waals surface area contributed by atoms with Crippen molar-refractivity contribution in [1.29, 1.82) is 0 Å². The molecule has 1 N–H and O–H groups in total. The molecule has 5 rings (SSSR count). The molecule has 0 radical (unpaired) electrons. The topological polar surface area (TPSA) is 34.8 Å². The van der Waals surface area contributed by atoms with Gasteiger partial charge in [0.1, 0.15) is 6.17 Å². The van der Waals surface area contributed by atoms with Crippen molar-refractivity contribution in [2.24, 2.45) is 0 Å². The Labute approximate surface area is 179 Å². The molecule has 0 bridgehead atoms. The summed E-state index contributed by atoms with van der Waals surface area (Å²) in [6.07, 6.45) is -0.105. The maximum absolute atomic E-state index is 6.53. The molecule has 0 aliphatic carbocycles. The summed E-state index contributed by atoms with van der Waals surface area (Å²) in [5, 5.41) is 9.56. The van der Waals surface area contributed by atoms with Crippen LogP contribution in [0.4, 0.5) is 5.69 Å². The summed E-state index contributed by atoms with van der Waals surface area (Å²) in [6.45, 7) is 6.22. The van der Waals surface area contributed by atoms with Crippen LogP contribution in [0, 0.1) is 20.8 Å². The van der Waals surface area contributed by atoms with E-state index in [1.807, 2.05) is 19.1 Å². The van der Waals surface area contributed by atoms with Gasteiger partial charge in [-0.05, 0) is 51.1 Å². The highest BCUT2D eigenvalue weighted by Crippen LogP contribution is 2.40. The normalized spacial score (nSPS) is 15.0. The Morgan fingerprint density at radius 3 is 2.59 bits per heavy atom. The number of halogens is 2. The second-order valence-corrected chi connectivity index (χ2v) is 8.23. The Morgan fingerprint density at radius 2 is 1.76 bits per heavy atom. The van der Waals surface area contributed by atoms with Crippen LogP contribution < -0.4 is 5.32 Å². The van der Waals surface area contributed by atoms with E-state index in [-0.39, 0.29) is 6.17 Å². The smallest absolute Gasteiger partial charge is 0.149 e. The number of nitrogens with one attached hydrogen (secondary N) is 1. The van der Waals surface area contributed by atoms with Gasteiger partial charge in [0, 0.05) is 28.2 Å². The van der Waals surface area contributed by atoms with Gasteiger partial charge in [-0.1, -0.05) is 47.5 Å². The number of rotatable bonds is 2. The fourth-order valence-electron chi connectivity index (χ4n) is 4.27. The number of aromatic nitrogens is 3. The van der Waals surface area contributed by atoms with Crippen molar-refractivity contribution >= 4 is 28.9 Å². The van der Waals surface area contributed by atoms with Crippen LogP contribution in [0.15, 0.2) is 54.6 Å². The molecular weight excluding hydrogens is 403 g/mol. The first-order valence-electron chi connectivity index (χ1n) is 9.51. The zero-order valence-corrected chi connectivity index (χ0v) is 17.9. The second-order valence-electron chi connectivity index (χ2n) is 7.44. The second kappa shape index (κ2) is 6.68. The molecule has 2 aromatic heterocycles. The van der Waals surface area contributed by atoms with Crippen molar-refractivity contribution < 1.29 is 0 Å². The van der Waals surface area contributed by atoms with Crippen LogP contribution >= 0.6 is 23.2 Å². The summed E-state index contributed by atoms with van der Waals surface area (Å²) < 4.78 is 4.23. The zero-order chi connectivity index (χ0) is 20.3. The molecule has 0 saturated carbocycles. The number of para-hydroxylation sites is 1. The van der Waals surface area contributed by atoms with E-state index in [1.54, 1.807) is 6.07 Å². The van der Waals surface area contributed by atoms with Crippen LogP contribution in [0.5, 0.6) is 0 Å². The number of hydrogen-bond donors (Lipinski definition) is 1. The fraction of sp³-hybridized carbons (Fsp3) is 0.174. The lowest BCUT2D eigenvalue weighted by molar-refractivity contribution is 0.568. The fourth-order valence-corrected chi connectivity index (χ4v) is 4.65. The summed E-state index contributed by atoms with van der Waals surface area (Å²) in [7, 11) is 0. The van der Waals surface area contributed by atoms with Crippen molar-refractivity contribution in [3.05, 3.63) is 87.3 Å². The Hall–Kier alpha value is -2.69. The van der Waals surface area contributed by atoms with Crippen LogP contribution in [0.3, 0.4) is 0 Å². The van der Waals surface area contributed by atoms with E-state index in [2.05, 4.69) is 64.8 Å². The van der Waals surface area contributed by atoms with Crippen LogP contribution in [-0.4, -0.2) is 14.3 Å². The minimum absolute atomic E-state index is 0.105.